The number of carbonyl (C=O) groups is 1. The number of hydrogen-bond donors (Lipinski definition) is 0. The number of alkyl halides is 3. The van der Waals surface area contributed by atoms with Crippen molar-refractivity contribution in [3.8, 4) is 5.75 Å². The van der Waals surface area contributed by atoms with Crippen molar-refractivity contribution in [2.24, 2.45) is 0 Å². The van der Waals surface area contributed by atoms with E-state index < -0.39 is 12.0 Å². The van der Waals surface area contributed by atoms with E-state index in [1.54, 1.807) is 0 Å². The third kappa shape index (κ3) is 15.5. The van der Waals surface area contributed by atoms with E-state index >= 15 is 0 Å². The highest BCUT2D eigenvalue weighted by atomic mass is 19.4. The number of nitrogens with zero attached hydrogens (tertiary/aromatic N) is 1. The van der Waals surface area contributed by atoms with E-state index in [4.69, 9.17) is 4.74 Å². The molecule has 1 aromatic carbocycles. The molecule has 1 aromatic rings. The smallest absolute Gasteiger partial charge is 0.454 e. The zero-order chi connectivity index (χ0) is 26.7. The Morgan fingerprint density at radius 3 is 1.61 bits per heavy atom. The van der Waals surface area contributed by atoms with E-state index in [2.05, 4.69) is 25.9 Å². The van der Waals surface area contributed by atoms with Crippen molar-refractivity contribution in [3.05, 3.63) is 29.8 Å². The molecule has 0 aliphatic carbocycles. The minimum atomic E-state index is -4.85. The first-order chi connectivity index (χ1) is 17.3. The molecule has 0 spiro atoms. The van der Waals surface area contributed by atoms with E-state index in [-0.39, 0.29) is 5.56 Å². The van der Waals surface area contributed by atoms with Gasteiger partial charge in [-0.2, -0.15) is 13.2 Å². The van der Waals surface area contributed by atoms with Gasteiger partial charge in [-0.3, -0.25) is 4.79 Å². The lowest BCUT2D eigenvalue weighted by atomic mass is 10.0. The first-order valence-corrected chi connectivity index (χ1v) is 14.3. The van der Waals surface area contributed by atoms with Gasteiger partial charge in [-0.15, -0.1) is 0 Å². The number of hydrogen-bond acceptors (Lipinski definition) is 3. The summed E-state index contributed by atoms with van der Waals surface area (Å²) in [6.07, 6.45) is 17.5. The molecule has 0 amide bonds. The van der Waals surface area contributed by atoms with Gasteiger partial charge in [0.25, 0.3) is 5.78 Å². The molecule has 0 bridgehead atoms. The molecule has 6 heteroatoms. The summed E-state index contributed by atoms with van der Waals surface area (Å²) < 4.78 is 43.3. The maximum absolute atomic E-state index is 12.5. The maximum Gasteiger partial charge on any atom is 0.454 e. The van der Waals surface area contributed by atoms with Crippen molar-refractivity contribution in [1.82, 2.24) is 4.90 Å². The SMILES string of the molecule is CCCCCCCCCCCCCCCCCC(CCOc1ccc(C(=O)C(F)(F)F)cc1)N(C)C. The van der Waals surface area contributed by atoms with Crippen molar-refractivity contribution in [2.45, 2.75) is 128 Å². The zero-order valence-corrected chi connectivity index (χ0v) is 23.0. The predicted molar refractivity (Wildman–Crippen MR) is 144 cm³/mol. The van der Waals surface area contributed by atoms with Gasteiger partial charge in [0, 0.05) is 11.6 Å². The molecule has 3 nitrogen and oxygen atoms in total. The number of ketones is 1. The van der Waals surface area contributed by atoms with E-state index in [9.17, 15) is 18.0 Å². The van der Waals surface area contributed by atoms with Crippen LogP contribution in [0.15, 0.2) is 24.3 Å². The maximum atomic E-state index is 12.5. The Bertz CT molecular complexity index is 674. The lowest BCUT2D eigenvalue weighted by molar-refractivity contribution is -0.0885. The van der Waals surface area contributed by atoms with Gasteiger partial charge >= 0.3 is 6.18 Å². The Morgan fingerprint density at radius 1 is 0.750 bits per heavy atom. The van der Waals surface area contributed by atoms with Gasteiger partial charge in [-0.1, -0.05) is 103 Å². The van der Waals surface area contributed by atoms with Gasteiger partial charge in [-0.05, 0) is 51.2 Å². The second kappa shape index (κ2) is 19.5. The number of Topliss-reactive ketones (excluding diaryl/α,β-unsaturated/α-hetero) is 1. The van der Waals surface area contributed by atoms with Crippen molar-refractivity contribution < 1.29 is 22.7 Å². The Hall–Kier alpha value is -1.56. The predicted octanol–water partition coefficient (Wildman–Crippen LogP) is 9.39. The Morgan fingerprint density at radius 2 is 1.19 bits per heavy atom. The molecule has 0 saturated carbocycles. The molecule has 0 saturated heterocycles. The van der Waals surface area contributed by atoms with Gasteiger partial charge in [0.15, 0.2) is 0 Å². The summed E-state index contributed by atoms with van der Waals surface area (Å²) in [5.41, 5.74) is -0.366. The first-order valence-electron chi connectivity index (χ1n) is 14.3. The third-order valence-corrected chi connectivity index (χ3v) is 6.96. The standard InChI is InChI=1S/C30H50F3NO2/c1-4-5-6-7-8-9-10-11-12-13-14-15-16-17-18-19-27(34(2)3)24-25-36-28-22-20-26(21-23-28)29(35)30(31,32)33/h20-23,27H,4-19,24-25H2,1-3H3. The Kier molecular flexibility index (Phi) is 17.6. The van der Waals surface area contributed by atoms with Crippen molar-refractivity contribution >= 4 is 5.78 Å². The van der Waals surface area contributed by atoms with E-state index in [0.29, 0.717) is 18.4 Å². The van der Waals surface area contributed by atoms with Gasteiger partial charge in [0.1, 0.15) is 5.75 Å². The lowest BCUT2D eigenvalue weighted by Gasteiger charge is -2.24. The number of halogens is 3. The molecule has 0 aliphatic heterocycles. The van der Waals surface area contributed by atoms with Crippen LogP contribution in [0, 0.1) is 0 Å². The Labute approximate surface area is 218 Å². The quantitative estimate of drug-likeness (QED) is 0.114. The summed E-state index contributed by atoms with van der Waals surface area (Å²) >= 11 is 0. The average Bonchev–Trinajstić information content (AvgIpc) is 2.84. The van der Waals surface area contributed by atoms with Crippen LogP contribution in [-0.2, 0) is 0 Å². The molecule has 0 aliphatic rings. The van der Waals surface area contributed by atoms with Crippen LogP contribution in [0.25, 0.3) is 0 Å². The lowest BCUT2D eigenvalue weighted by Crippen LogP contribution is -2.29. The molecule has 208 valence electrons. The normalized spacial score (nSPS) is 12.8. The molecular weight excluding hydrogens is 463 g/mol. The first kappa shape index (κ1) is 32.5. The third-order valence-electron chi connectivity index (χ3n) is 6.96. The monoisotopic (exact) mass is 513 g/mol. The number of unbranched alkanes of at least 4 members (excludes halogenated alkanes) is 14. The zero-order valence-electron chi connectivity index (χ0n) is 23.0. The minimum Gasteiger partial charge on any atom is -0.494 e. The van der Waals surface area contributed by atoms with Crippen molar-refractivity contribution in [1.29, 1.82) is 0 Å². The summed E-state index contributed by atoms with van der Waals surface area (Å²) in [4.78, 5) is 13.5. The van der Waals surface area contributed by atoms with Gasteiger partial charge in [-0.25, -0.2) is 0 Å². The molecule has 0 radical (unpaired) electrons. The van der Waals surface area contributed by atoms with E-state index in [1.807, 2.05) is 0 Å². The fourth-order valence-corrected chi connectivity index (χ4v) is 4.59. The summed E-state index contributed by atoms with van der Waals surface area (Å²) in [5, 5.41) is 0. The molecule has 0 heterocycles. The van der Waals surface area contributed by atoms with Crippen molar-refractivity contribution in [3.63, 3.8) is 0 Å². The fourth-order valence-electron chi connectivity index (χ4n) is 4.59. The van der Waals surface area contributed by atoms with Crippen LogP contribution in [0.4, 0.5) is 13.2 Å². The highest BCUT2D eigenvalue weighted by Gasteiger charge is 2.39. The number of rotatable bonds is 22. The highest BCUT2D eigenvalue weighted by Crippen LogP contribution is 2.23. The molecule has 36 heavy (non-hydrogen) atoms. The minimum absolute atomic E-state index is 0.366. The van der Waals surface area contributed by atoms with E-state index in [0.717, 1.165) is 12.8 Å². The van der Waals surface area contributed by atoms with Crippen LogP contribution in [0.5, 0.6) is 5.75 Å². The number of benzene rings is 1. The second-order valence-corrected chi connectivity index (χ2v) is 10.3. The molecule has 0 fully saturated rings. The topological polar surface area (TPSA) is 29.5 Å². The molecule has 1 atom stereocenters. The second-order valence-electron chi connectivity index (χ2n) is 10.3. The summed E-state index contributed by atoms with van der Waals surface area (Å²) in [7, 11) is 4.15. The summed E-state index contributed by atoms with van der Waals surface area (Å²) in [5.74, 6) is -1.34. The van der Waals surface area contributed by atoms with Crippen LogP contribution < -0.4 is 4.74 Å². The van der Waals surface area contributed by atoms with Crippen LogP contribution in [0.2, 0.25) is 0 Å². The highest BCUT2D eigenvalue weighted by molar-refractivity contribution is 6.00. The van der Waals surface area contributed by atoms with Crippen LogP contribution in [-0.4, -0.2) is 43.6 Å². The molecule has 0 N–H and O–H groups in total. The largest absolute Gasteiger partial charge is 0.494 e. The van der Waals surface area contributed by atoms with Crippen LogP contribution in [0.1, 0.15) is 126 Å². The Balaban J connectivity index is 2.07. The molecule has 1 rings (SSSR count). The van der Waals surface area contributed by atoms with Gasteiger partial charge in [0.2, 0.25) is 0 Å². The van der Waals surface area contributed by atoms with Crippen LogP contribution >= 0.6 is 0 Å². The summed E-state index contributed by atoms with van der Waals surface area (Å²) in [6, 6.07) is 5.61. The fraction of sp³-hybridized carbons (Fsp3) is 0.767. The van der Waals surface area contributed by atoms with E-state index in [1.165, 1.54) is 121 Å². The average molecular weight is 514 g/mol. The molecular formula is C30H50F3NO2. The summed E-state index contributed by atoms with van der Waals surface area (Å²) in [6.45, 7) is 2.76. The molecule has 1 unspecified atom stereocenters. The molecule has 0 aromatic heterocycles. The van der Waals surface area contributed by atoms with Crippen molar-refractivity contribution in [2.75, 3.05) is 20.7 Å². The van der Waals surface area contributed by atoms with Crippen LogP contribution in [0.3, 0.4) is 0 Å². The van der Waals surface area contributed by atoms with Gasteiger partial charge in [0.05, 0.1) is 6.61 Å². The van der Waals surface area contributed by atoms with Gasteiger partial charge < -0.3 is 9.64 Å². The number of ether oxygens (including phenoxy) is 1. The number of carbonyl (C=O) groups excluding carboxylic acids is 1.